The number of benzene rings is 4. The van der Waals surface area contributed by atoms with Gasteiger partial charge in [0.15, 0.2) is 5.76 Å². The highest BCUT2D eigenvalue weighted by Gasteiger charge is 2.34. The summed E-state index contributed by atoms with van der Waals surface area (Å²) in [4.78, 5) is 71.5. The molecular formula is C50H59N4O11P. The summed E-state index contributed by atoms with van der Waals surface area (Å²) >= 11 is 0. The third kappa shape index (κ3) is 14.5. The molecular weight excluding hydrogens is 864 g/mol. The molecule has 0 aliphatic heterocycles. The van der Waals surface area contributed by atoms with Gasteiger partial charge in [-0.3, -0.25) is 23.7 Å². The Morgan fingerprint density at radius 1 is 0.758 bits per heavy atom. The Bertz CT molecular complexity index is 2400. The lowest BCUT2D eigenvalue weighted by atomic mass is 9.90. The zero-order valence-electron chi connectivity index (χ0n) is 38.1. The molecule has 0 spiro atoms. The third-order valence-electron chi connectivity index (χ3n) is 10.7. The molecule has 1 aromatic heterocycles. The van der Waals surface area contributed by atoms with E-state index in [9.17, 15) is 28.5 Å². The second kappa shape index (κ2) is 25.2. The average Bonchev–Trinajstić information content (AvgIpc) is 3.83. The summed E-state index contributed by atoms with van der Waals surface area (Å²) < 4.78 is 37.3. The number of carbonyl (C=O) groups excluding carboxylic acids is 5. The normalized spacial score (nSPS) is 12.1. The van der Waals surface area contributed by atoms with Crippen LogP contribution < -0.4 is 20.7 Å². The minimum atomic E-state index is -3.85. The molecule has 4 amide bonds. The van der Waals surface area contributed by atoms with Gasteiger partial charge in [0, 0.05) is 5.56 Å². The number of carbonyl (C=O) groups is 5. The average molecular weight is 923 g/mol. The van der Waals surface area contributed by atoms with E-state index in [1.165, 1.54) is 12.1 Å². The molecule has 0 bridgehead atoms. The van der Waals surface area contributed by atoms with E-state index >= 15 is 0 Å². The molecule has 0 unspecified atom stereocenters. The van der Waals surface area contributed by atoms with Crippen LogP contribution in [0.2, 0.25) is 0 Å². The van der Waals surface area contributed by atoms with E-state index in [-0.39, 0.29) is 43.6 Å². The number of hydroxylamine groups is 2. The van der Waals surface area contributed by atoms with E-state index in [0.29, 0.717) is 48.1 Å². The molecule has 0 saturated heterocycles. The number of unbranched alkanes of at least 4 members (excludes halogenated alkanes) is 2. The molecule has 5 aromatic rings. The first-order chi connectivity index (χ1) is 31.9. The van der Waals surface area contributed by atoms with Crippen molar-refractivity contribution in [3.05, 3.63) is 148 Å². The molecule has 1 heterocycles. The van der Waals surface area contributed by atoms with Crippen LogP contribution in [0.5, 0.6) is 5.75 Å². The Morgan fingerprint density at radius 2 is 1.42 bits per heavy atom. The summed E-state index contributed by atoms with van der Waals surface area (Å²) in [5.74, 6) is -2.59. The lowest BCUT2D eigenvalue weighted by Crippen LogP contribution is -2.49. The Morgan fingerprint density at radius 3 is 2.03 bits per heavy atom. The Labute approximate surface area is 386 Å². The van der Waals surface area contributed by atoms with Crippen LogP contribution in [-0.2, 0) is 41.3 Å². The van der Waals surface area contributed by atoms with Gasteiger partial charge in [-0.05, 0) is 80.6 Å². The van der Waals surface area contributed by atoms with Crippen molar-refractivity contribution in [2.24, 2.45) is 5.92 Å². The number of aryl methyl sites for hydroxylation is 2. The van der Waals surface area contributed by atoms with Gasteiger partial charge in [0.25, 0.3) is 11.8 Å². The molecule has 0 aliphatic carbocycles. The molecule has 0 fully saturated rings. The summed E-state index contributed by atoms with van der Waals surface area (Å²) in [7, 11) is -3.85. The molecule has 5 rings (SSSR count). The van der Waals surface area contributed by atoms with Crippen LogP contribution in [0, 0.1) is 19.8 Å². The SMILES string of the molecule is CCCCC[C@@H](C(=O)NCNC(=O)c1ccc(-c2ccc(C(=O)NCP(=O)(OCc3ccccc3)OCc3ccccc3)c(OCC)c2)o1)[C@@H](CC)N(C=O)OC(=O)c1ccc(C)cc1C. The highest BCUT2D eigenvalue weighted by molar-refractivity contribution is 7.53. The number of hydrogen-bond acceptors (Lipinski definition) is 11. The van der Waals surface area contributed by atoms with Gasteiger partial charge in [-0.25, -0.2) is 4.79 Å². The van der Waals surface area contributed by atoms with Gasteiger partial charge in [-0.1, -0.05) is 118 Å². The third-order valence-corrected chi connectivity index (χ3v) is 12.3. The van der Waals surface area contributed by atoms with Crippen molar-refractivity contribution in [3.8, 4) is 17.1 Å². The summed E-state index contributed by atoms with van der Waals surface area (Å²) in [5, 5.41) is 9.00. The number of nitrogens with zero attached hydrogens (tertiary/aromatic N) is 1. The molecule has 66 heavy (non-hydrogen) atoms. The quantitative estimate of drug-likeness (QED) is 0.0157. The van der Waals surface area contributed by atoms with Crippen LogP contribution >= 0.6 is 7.60 Å². The van der Waals surface area contributed by atoms with Crippen molar-refractivity contribution in [2.45, 2.75) is 86.0 Å². The summed E-state index contributed by atoms with van der Waals surface area (Å²) in [6, 6.07) is 30.7. The van der Waals surface area contributed by atoms with E-state index in [4.69, 9.17) is 23.0 Å². The number of furan rings is 1. The monoisotopic (exact) mass is 922 g/mol. The molecule has 0 radical (unpaired) electrons. The van der Waals surface area contributed by atoms with Crippen LogP contribution in [0.25, 0.3) is 11.3 Å². The van der Waals surface area contributed by atoms with Crippen molar-refractivity contribution in [2.75, 3.05) is 19.6 Å². The molecule has 0 aliphatic rings. The van der Waals surface area contributed by atoms with Crippen molar-refractivity contribution in [1.29, 1.82) is 0 Å². The van der Waals surface area contributed by atoms with Crippen LogP contribution in [0.4, 0.5) is 0 Å². The topological polar surface area (TPSA) is 192 Å². The van der Waals surface area contributed by atoms with E-state index < -0.39 is 49.5 Å². The fraction of sp³-hybridized carbons (Fsp3) is 0.340. The lowest BCUT2D eigenvalue weighted by Gasteiger charge is -2.32. The molecule has 2 atom stereocenters. The highest BCUT2D eigenvalue weighted by atomic mass is 31.2. The van der Waals surface area contributed by atoms with Gasteiger partial charge in [0.1, 0.15) is 17.8 Å². The minimum Gasteiger partial charge on any atom is -0.493 e. The number of rotatable bonds is 26. The van der Waals surface area contributed by atoms with Crippen LogP contribution in [-0.4, -0.2) is 60.8 Å². The zero-order valence-corrected chi connectivity index (χ0v) is 39.0. The van der Waals surface area contributed by atoms with Gasteiger partial charge in [0.2, 0.25) is 12.3 Å². The first-order valence-corrected chi connectivity index (χ1v) is 23.8. The fourth-order valence-electron chi connectivity index (χ4n) is 7.18. The molecule has 3 N–H and O–H groups in total. The molecule has 350 valence electrons. The largest absolute Gasteiger partial charge is 0.493 e. The molecule has 15 nitrogen and oxygen atoms in total. The van der Waals surface area contributed by atoms with E-state index in [0.717, 1.165) is 34.6 Å². The number of amides is 4. The summed E-state index contributed by atoms with van der Waals surface area (Å²) in [6.45, 7) is 9.28. The van der Waals surface area contributed by atoms with Gasteiger partial charge in [0.05, 0.1) is 49.6 Å². The standard InChI is InChI=1S/C50H59N4O11P/c1-6-9-12-21-41(43(7-2)54(34-55)65-50(59)40-24-22-35(4)28-36(40)5)47(56)51-32-52-49(58)45-27-26-44(64-45)39-23-25-42(46(29-39)61-8-3)48(57)53-33-66(60,62-30-37-17-13-10-14-18-37)63-31-38-19-15-11-16-20-38/h10-11,13-20,22-29,34,41,43H,6-9,12,21,30-33H2,1-5H3,(H,51,56)(H,52,58)(H,53,57)/t41-,43-/m1/s1. The molecule has 16 heteroatoms. The van der Waals surface area contributed by atoms with Gasteiger partial charge < -0.3 is 39.0 Å². The van der Waals surface area contributed by atoms with Gasteiger partial charge in [-0.2, -0.15) is 5.06 Å². The molecule has 0 saturated carbocycles. The van der Waals surface area contributed by atoms with E-state index in [2.05, 4.69) is 16.0 Å². The van der Waals surface area contributed by atoms with Gasteiger partial charge in [-0.15, -0.1) is 0 Å². The first-order valence-electron chi connectivity index (χ1n) is 22.1. The van der Waals surface area contributed by atoms with Crippen LogP contribution in [0.3, 0.4) is 0 Å². The minimum absolute atomic E-state index is 0.00911. The second-order valence-corrected chi connectivity index (χ2v) is 17.6. The summed E-state index contributed by atoms with van der Waals surface area (Å²) in [6.07, 6.45) is 3.18. The maximum absolute atomic E-state index is 14.0. The molecule has 4 aromatic carbocycles. The maximum atomic E-state index is 14.0. The second-order valence-electron chi connectivity index (χ2n) is 15.6. The predicted octanol–water partition coefficient (Wildman–Crippen LogP) is 9.29. The Balaban J connectivity index is 1.21. The van der Waals surface area contributed by atoms with E-state index in [1.807, 2.05) is 80.6 Å². The van der Waals surface area contributed by atoms with Crippen molar-refractivity contribution in [1.82, 2.24) is 21.0 Å². The Hall–Kier alpha value is -6.54. The maximum Gasteiger partial charge on any atom is 0.363 e. The number of nitrogens with one attached hydrogen (secondary N) is 3. The highest BCUT2D eigenvalue weighted by Crippen LogP contribution is 2.49. The van der Waals surface area contributed by atoms with Crippen LogP contribution in [0.15, 0.2) is 114 Å². The Kier molecular flexibility index (Phi) is 19.3. The van der Waals surface area contributed by atoms with Crippen molar-refractivity contribution < 1.29 is 51.6 Å². The number of ether oxygens (including phenoxy) is 1. The van der Waals surface area contributed by atoms with Crippen molar-refractivity contribution >= 4 is 37.7 Å². The van der Waals surface area contributed by atoms with Crippen molar-refractivity contribution in [3.63, 3.8) is 0 Å². The number of hydrogen-bond donors (Lipinski definition) is 3. The van der Waals surface area contributed by atoms with Crippen LogP contribution in [0.1, 0.15) is 106 Å². The first kappa shape index (κ1) is 50.5. The van der Waals surface area contributed by atoms with E-state index in [1.54, 1.807) is 51.1 Å². The predicted molar refractivity (Wildman–Crippen MR) is 249 cm³/mol. The lowest BCUT2D eigenvalue weighted by molar-refractivity contribution is -0.171. The smallest absolute Gasteiger partial charge is 0.363 e. The summed E-state index contributed by atoms with van der Waals surface area (Å²) in [5.41, 5.74) is 4.21. The van der Waals surface area contributed by atoms with Gasteiger partial charge >= 0.3 is 13.6 Å². The zero-order chi connectivity index (χ0) is 47.5. The fourth-order valence-corrected chi connectivity index (χ4v) is 8.46.